The van der Waals surface area contributed by atoms with Crippen LogP contribution < -0.4 is 0 Å². The molecule has 35 heavy (non-hydrogen) atoms. The van der Waals surface area contributed by atoms with Crippen molar-refractivity contribution >= 4 is 34.2 Å². The predicted molar refractivity (Wildman–Crippen MR) is 139 cm³/mol. The third-order valence-corrected chi connectivity index (χ3v) is 6.64. The first-order valence-corrected chi connectivity index (χ1v) is 11.8. The van der Waals surface area contributed by atoms with Gasteiger partial charge in [0.2, 0.25) is 0 Å². The van der Waals surface area contributed by atoms with E-state index in [9.17, 15) is 13.2 Å². The number of hydrogen-bond donors (Lipinski definition) is 1. The molecular formula is C29H28ClF3N2. The number of aromatic nitrogens is 2. The summed E-state index contributed by atoms with van der Waals surface area (Å²) < 4.78 is 42.1. The van der Waals surface area contributed by atoms with Gasteiger partial charge in [-0.25, -0.2) is 0 Å². The van der Waals surface area contributed by atoms with Gasteiger partial charge in [0, 0.05) is 46.7 Å². The van der Waals surface area contributed by atoms with Crippen molar-refractivity contribution in [1.29, 1.82) is 0 Å². The van der Waals surface area contributed by atoms with Crippen LogP contribution in [0, 0.1) is 0 Å². The summed E-state index contributed by atoms with van der Waals surface area (Å²) in [5.74, 6) is -0.198. The Hall–Kier alpha value is -3.18. The van der Waals surface area contributed by atoms with Crippen LogP contribution in [0.4, 0.5) is 13.2 Å². The van der Waals surface area contributed by atoms with Gasteiger partial charge in [0.1, 0.15) is 0 Å². The van der Waals surface area contributed by atoms with Gasteiger partial charge in [0.15, 0.2) is 0 Å². The highest BCUT2D eigenvalue weighted by Gasteiger charge is 2.31. The molecule has 2 aromatic heterocycles. The lowest BCUT2D eigenvalue weighted by Crippen LogP contribution is -2.07. The number of H-pyrrole nitrogens is 1. The standard InChI is InChI=1S/C29H27F3N2.ClH/c1-2-3-8-17-34-19-25(23-10-5-7-12-27(23)34)28(20-13-15-21(16-14-20)29(30,31)32)24-18-33-26-11-6-4-9-22(24)26;/h4-7,9-16,18-19,28,33H,2-3,8,17H2,1H3;1H. The van der Waals surface area contributed by atoms with Crippen molar-refractivity contribution < 1.29 is 13.2 Å². The number of aromatic amines is 1. The molecule has 2 heterocycles. The zero-order valence-corrected chi connectivity index (χ0v) is 20.3. The minimum Gasteiger partial charge on any atom is -0.361 e. The van der Waals surface area contributed by atoms with Crippen molar-refractivity contribution in [2.45, 2.75) is 44.8 Å². The maximum atomic E-state index is 13.3. The molecule has 1 unspecified atom stereocenters. The predicted octanol–water partition coefficient (Wildman–Crippen LogP) is 8.93. The summed E-state index contributed by atoms with van der Waals surface area (Å²) in [6, 6.07) is 22.0. The quantitative estimate of drug-likeness (QED) is 0.217. The molecule has 182 valence electrons. The number of nitrogens with one attached hydrogen (secondary N) is 1. The minimum absolute atomic E-state index is 0. The highest BCUT2D eigenvalue weighted by atomic mass is 35.5. The van der Waals surface area contributed by atoms with E-state index in [1.807, 2.05) is 36.5 Å². The van der Waals surface area contributed by atoms with Crippen molar-refractivity contribution in [2.75, 3.05) is 0 Å². The third kappa shape index (κ3) is 4.83. The van der Waals surface area contributed by atoms with Crippen molar-refractivity contribution in [1.82, 2.24) is 9.55 Å². The first kappa shape index (κ1) is 24.9. The van der Waals surface area contributed by atoms with E-state index in [2.05, 4.69) is 40.9 Å². The molecular weight excluding hydrogens is 469 g/mol. The van der Waals surface area contributed by atoms with Crippen LogP contribution in [0.15, 0.2) is 85.2 Å². The Kier molecular flexibility index (Phi) is 7.27. The summed E-state index contributed by atoms with van der Waals surface area (Å²) in [6.07, 6.45) is 3.24. The van der Waals surface area contributed by atoms with E-state index >= 15 is 0 Å². The number of hydrogen-bond acceptors (Lipinski definition) is 0. The molecule has 0 bridgehead atoms. The first-order chi connectivity index (χ1) is 16.5. The van der Waals surface area contributed by atoms with E-state index in [4.69, 9.17) is 0 Å². The summed E-state index contributed by atoms with van der Waals surface area (Å²) in [5, 5.41) is 2.21. The van der Waals surface area contributed by atoms with Crippen molar-refractivity contribution in [3.63, 3.8) is 0 Å². The summed E-state index contributed by atoms with van der Waals surface area (Å²) in [7, 11) is 0. The average Bonchev–Trinajstić information content (AvgIpc) is 3.42. The molecule has 1 N–H and O–H groups in total. The largest absolute Gasteiger partial charge is 0.416 e. The molecule has 0 spiro atoms. The van der Waals surface area contributed by atoms with Gasteiger partial charge in [-0.2, -0.15) is 13.2 Å². The number of unbranched alkanes of at least 4 members (excludes halogenated alkanes) is 2. The minimum atomic E-state index is -4.36. The molecule has 0 aliphatic carbocycles. The molecule has 2 nitrogen and oxygen atoms in total. The molecule has 5 rings (SSSR count). The Balaban J connectivity index is 0.00000289. The second-order valence-electron chi connectivity index (χ2n) is 8.84. The Labute approximate surface area is 209 Å². The van der Waals surface area contributed by atoms with E-state index < -0.39 is 11.7 Å². The lowest BCUT2D eigenvalue weighted by Gasteiger charge is -2.18. The second kappa shape index (κ2) is 10.2. The van der Waals surface area contributed by atoms with Crippen LogP contribution in [0.5, 0.6) is 0 Å². The number of halogens is 4. The molecule has 0 radical (unpaired) electrons. The van der Waals surface area contributed by atoms with E-state index in [-0.39, 0.29) is 18.3 Å². The number of para-hydroxylation sites is 2. The van der Waals surface area contributed by atoms with Crippen molar-refractivity contribution in [2.24, 2.45) is 0 Å². The maximum Gasteiger partial charge on any atom is 0.416 e. The number of benzene rings is 3. The van der Waals surface area contributed by atoms with E-state index in [1.54, 1.807) is 12.1 Å². The van der Waals surface area contributed by atoms with Crippen LogP contribution >= 0.6 is 12.4 Å². The van der Waals surface area contributed by atoms with Crippen LogP contribution in [0.25, 0.3) is 21.8 Å². The van der Waals surface area contributed by atoms with E-state index in [1.165, 1.54) is 12.1 Å². The smallest absolute Gasteiger partial charge is 0.361 e. The van der Waals surface area contributed by atoms with Gasteiger partial charge in [-0.1, -0.05) is 68.3 Å². The summed E-state index contributed by atoms with van der Waals surface area (Å²) in [6.45, 7) is 3.11. The lowest BCUT2D eigenvalue weighted by atomic mass is 9.84. The highest BCUT2D eigenvalue weighted by Crippen LogP contribution is 2.41. The van der Waals surface area contributed by atoms with Gasteiger partial charge in [-0.15, -0.1) is 12.4 Å². The van der Waals surface area contributed by atoms with Gasteiger partial charge >= 0.3 is 6.18 Å². The molecule has 0 aliphatic heterocycles. The molecule has 3 aromatic carbocycles. The molecule has 0 fully saturated rings. The maximum absolute atomic E-state index is 13.3. The van der Waals surface area contributed by atoms with E-state index in [0.717, 1.165) is 64.3 Å². The fourth-order valence-electron chi connectivity index (χ4n) is 4.95. The molecule has 0 saturated carbocycles. The Morgan fingerprint density at radius 3 is 2.23 bits per heavy atom. The molecule has 0 aliphatic rings. The monoisotopic (exact) mass is 496 g/mol. The summed E-state index contributed by atoms with van der Waals surface area (Å²) in [4.78, 5) is 3.35. The molecule has 5 aromatic rings. The number of aryl methyl sites for hydroxylation is 1. The number of rotatable bonds is 7. The number of nitrogens with zero attached hydrogens (tertiary/aromatic N) is 1. The second-order valence-corrected chi connectivity index (χ2v) is 8.84. The molecule has 1 atom stereocenters. The molecule has 6 heteroatoms. The normalized spacial score (nSPS) is 12.7. The fourth-order valence-corrected chi connectivity index (χ4v) is 4.95. The van der Waals surface area contributed by atoms with Crippen LogP contribution in [0.2, 0.25) is 0 Å². The zero-order valence-electron chi connectivity index (χ0n) is 19.5. The van der Waals surface area contributed by atoms with Crippen LogP contribution in [-0.2, 0) is 12.7 Å². The molecule has 0 saturated heterocycles. The number of fused-ring (bicyclic) bond motifs is 2. The van der Waals surface area contributed by atoms with Crippen molar-refractivity contribution in [3.8, 4) is 0 Å². The lowest BCUT2D eigenvalue weighted by molar-refractivity contribution is -0.137. The van der Waals surface area contributed by atoms with Gasteiger partial charge in [-0.3, -0.25) is 0 Å². The fraction of sp³-hybridized carbons (Fsp3) is 0.241. The highest BCUT2D eigenvalue weighted by molar-refractivity contribution is 5.89. The Morgan fingerprint density at radius 1 is 0.829 bits per heavy atom. The van der Waals surface area contributed by atoms with Crippen LogP contribution in [-0.4, -0.2) is 9.55 Å². The summed E-state index contributed by atoms with van der Waals surface area (Å²) >= 11 is 0. The van der Waals surface area contributed by atoms with Crippen LogP contribution in [0.1, 0.15) is 54.4 Å². The topological polar surface area (TPSA) is 20.7 Å². The van der Waals surface area contributed by atoms with Gasteiger partial charge < -0.3 is 9.55 Å². The summed E-state index contributed by atoms with van der Waals surface area (Å²) in [5.41, 5.74) is 4.56. The van der Waals surface area contributed by atoms with E-state index in [0.29, 0.717) is 0 Å². The van der Waals surface area contributed by atoms with Crippen LogP contribution in [0.3, 0.4) is 0 Å². The van der Waals surface area contributed by atoms with Crippen molar-refractivity contribution in [3.05, 3.63) is 107 Å². The number of alkyl halides is 3. The average molecular weight is 497 g/mol. The molecule has 0 amide bonds. The Bertz CT molecular complexity index is 1410. The van der Waals surface area contributed by atoms with Gasteiger partial charge in [0.05, 0.1) is 5.56 Å². The third-order valence-electron chi connectivity index (χ3n) is 6.64. The first-order valence-electron chi connectivity index (χ1n) is 11.8. The zero-order chi connectivity index (χ0) is 23.7. The van der Waals surface area contributed by atoms with Gasteiger partial charge in [0.25, 0.3) is 0 Å². The van der Waals surface area contributed by atoms with Gasteiger partial charge in [-0.05, 0) is 47.4 Å². The SMILES string of the molecule is CCCCCn1cc(C(c2ccc(C(F)(F)F)cc2)c2c[nH]c3ccccc23)c2ccccc21.Cl. The Morgan fingerprint density at radius 2 is 1.51 bits per heavy atom.